The van der Waals surface area contributed by atoms with E-state index in [1.807, 2.05) is 12.1 Å². The number of hydrogen-bond acceptors (Lipinski definition) is 8. The van der Waals surface area contributed by atoms with Crippen LogP contribution >= 0.6 is 0 Å². The van der Waals surface area contributed by atoms with Gasteiger partial charge < -0.3 is 29.2 Å². The highest BCUT2D eigenvalue weighted by Crippen LogP contribution is 2.42. The first-order chi connectivity index (χ1) is 16.3. The summed E-state index contributed by atoms with van der Waals surface area (Å²) in [6.07, 6.45) is 0.737. The van der Waals surface area contributed by atoms with Crippen molar-refractivity contribution in [3.8, 4) is 22.9 Å². The van der Waals surface area contributed by atoms with Gasteiger partial charge >= 0.3 is 5.97 Å². The first-order valence-corrected chi connectivity index (χ1v) is 11.4. The summed E-state index contributed by atoms with van der Waals surface area (Å²) in [7, 11) is 0. The molecule has 0 aliphatic carbocycles. The molecule has 9 heteroatoms. The summed E-state index contributed by atoms with van der Waals surface area (Å²) < 4.78 is 17.9. The van der Waals surface area contributed by atoms with Gasteiger partial charge in [-0.1, -0.05) is 13.8 Å². The SMILES string of the molecule is CC(C)NCCc1c2c(nc3cc4c(cc13)OCO4)-c1cc3c(c(=O)n1C2)COC(=O)[C@@]3(C)O. The predicted molar refractivity (Wildman–Crippen MR) is 123 cm³/mol. The topological polar surface area (TPSA) is 112 Å². The maximum absolute atomic E-state index is 13.4. The second-order valence-electron chi connectivity index (χ2n) is 9.46. The van der Waals surface area contributed by atoms with Gasteiger partial charge in [-0.15, -0.1) is 0 Å². The fraction of sp³-hybridized carbons (Fsp3) is 0.400. The minimum absolute atomic E-state index is 0.151. The summed E-state index contributed by atoms with van der Waals surface area (Å²) in [5.41, 5.74) is 2.48. The van der Waals surface area contributed by atoms with Crippen LogP contribution < -0.4 is 20.3 Å². The highest BCUT2D eigenvalue weighted by atomic mass is 16.7. The van der Waals surface area contributed by atoms with Gasteiger partial charge in [0.25, 0.3) is 5.56 Å². The minimum atomic E-state index is -1.89. The molecular weight excluding hydrogens is 438 g/mol. The second kappa shape index (κ2) is 7.28. The molecule has 0 saturated heterocycles. The van der Waals surface area contributed by atoms with Gasteiger partial charge in [-0.3, -0.25) is 4.79 Å². The summed E-state index contributed by atoms with van der Waals surface area (Å²) in [6, 6.07) is 5.88. The molecule has 176 valence electrons. The Bertz CT molecular complexity index is 1440. The van der Waals surface area contributed by atoms with Gasteiger partial charge in [0.15, 0.2) is 17.1 Å². The molecule has 3 aromatic rings. The third-order valence-electron chi connectivity index (χ3n) is 6.85. The van der Waals surface area contributed by atoms with Gasteiger partial charge in [0, 0.05) is 28.6 Å². The molecule has 9 nitrogen and oxygen atoms in total. The highest BCUT2D eigenvalue weighted by molar-refractivity contribution is 5.91. The Balaban J connectivity index is 1.58. The average Bonchev–Trinajstić information content (AvgIpc) is 3.39. The molecule has 2 N–H and O–H groups in total. The number of fused-ring (bicyclic) bond motifs is 6. The van der Waals surface area contributed by atoms with Crippen molar-refractivity contribution in [2.24, 2.45) is 0 Å². The van der Waals surface area contributed by atoms with Crippen molar-refractivity contribution in [3.63, 3.8) is 0 Å². The molecular formula is C25H25N3O6. The first kappa shape index (κ1) is 21.1. The van der Waals surface area contributed by atoms with Gasteiger partial charge in [0.05, 0.1) is 29.0 Å². The number of pyridine rings is 2. The minimum Gasteiger partial charge on any atom is -0.458 e. The van der Waals surface area contributed by atoms with E-state index in [2.05, 4.69) is 19.2 Å². The lowest BCUT2D eigenvalue weighted by atomic mass is 9.89. The molecule has 5 heterocycles. The largest absolute Gasteiger partial charge is 0.458 e. The highest BCUT2D eigenvalue weighted by Gasteiger charge is 2.43. The molecule has 34 heavy (non-hydrogen) atoms. The number of esters is 1. The van der Waals surface area contributed by atoms with Crippen molar-refractivity contribution in [2.75, 3.05) is 13.3 Å². The monoisotopic (exact) mass is 463 g/mol. The van der Waals surface area contributed by atoms with Crippen LogP contribution in [0, 0.1) is 0 Å². The lowest BCUT2D eigenvalue weighted by Crippen LogP contribution is -2.42. The number of cyclic esters (lactones) is 1. The number of carbonyl (C=O) groups is 1. The van der Waals surface area contributed by atoms with Crippen molar-refractivity contribution in [2.45, 2.75) is 52.0 Å². The van der Waals surface area contributed by atoms with E-state index in [0.29, 0.717) is 41.0 Å². The van der Waals surface area contributed by atoms with Crippen LogP contribution in [-0.4, -0.2) is 40.0 Å². The zero-order valence-corrected chi connectivity index (χ0v) is 19.2. The number of nitrogens with one attached hydrogen (secondary N) is 1. The van der Waals surface area contributed by atoms with Crippen LogP contribution in [-0.2, 0) is 34.7 Å². The Kier molecular flexibility index (Phi) is 4.53. The summed E-state index contributed by atoms with van der Waals surface area (Å²) >= 11 is 0. The van der Waals surface area contributed by atoms with Gasteiger partial charge in [-0.25, -0.2) is 9.78 Å². The summed E-state index contributed by atoms with van der Waals surface area (Å²) in [4.78, 5) is 30.6. The lowest BCUT2D eigenvalue weighted by molar-refractivity contribution is -0.169. The third-order valence-corrected chi connectivity index (χ3v) is 6.85. The van der Waals surface area contributed by atoms with Crippen LogP contribution in [0.15, 0.2) is 23.0 Å². The van der Waals surface area contributed by atoms with Crippen LogP contribution in [0.5, 0.6) is 11.5 Å². The fourth-order valence-electron chi connectivity index (χ4n) is 5.08. The van der Waals surface area contributed by atoms with E-state index in [9.17, 15) is 14.7 Å². The summed E-state index contributed by atoms with van der Waals surface area (Å²) in [5.74, 6) is 0.557. The van der Waals surface area contributed by atoms with Crippen LogP contribution in [0.2, 0.25) is 0 Å². The fourth-order valence-corrected chi connectivity index (χ4v) is 5.08. The van der Waals surface area contributed by atoms with Crippen molar-refractivity contribution in [1.82, 2.24) is 14.9 Å². The Morgan fingerprint density at radius 2 is 1.91 bits per heavy atom. The van der Waals surface area contributed by atoms with E-state index in [1.54, 1.807) is 10.6 Å². The number of benzene rings is 1. The Morgan fingerprint density at radius 3 is 2.68 bits per heavy atom. The molecule has 0 amide bonds. The molecule has 0 saturated carbocycles. The number of nitrogens with zero attached hydrogens (tertiary/aromatic N) is 2. The Labute approximate surface area is 195 Å². The molecule has 0 unspecified atom stereocenters. The molecule has 3 aliphatic heterocycles. The molecule has 6 rings (SSSR count). The number of ether oxygens (including phenoxy) is 3. The van der Waals surface area contributed by atoms with E-state index in [-0.39, 0.29) is 24.5 Å². The zero-order chi connectivity index (χ0) is 23.8. The first-order valence-electron chi connectivity index (χ1n) is 11.4. The molecule has 0 radical (unpaired) electrons. The van der Waals surface area contributed by atoms with Gasteiger partial charge in [0.1, 0.15) is 6.61 Å². The second-order valence-corrected chi connectivity index (χ2v) is 9.46. The Hall–Kier alpha value is -3.43. The maximum atomic E-state index is 13.4. The van der Waals surface area contributed by atoms with E-state index in [1.165, 1.54) is 6.92 Å². The van der Waals surface area contributed by atoms with E-state index in [4.69, 9.17) is 19.2 Å². The smallest absolute Gasteiger partial charge is 0.342 e. The number of rotatable bonds is 4. The molecule has 3 aliphatic rings. The van der Waals surface area contributed by atoms with Crippen LogP contribution in [0.1, 0.15) is 43.0 Å². The number of hydrogen-bond donors (Lipinski definition) is 2. The third kappa shape index (κ3) is 2.97. The summed E-state index contributed by atoms with van der Waals surface area (Å²) in [6.45, 7) is 6.70. The van der Waals surface area contributed by atoms with Crippen molar-refractivity contribution >= 4 is 16.9 Å². The number of aliphatic hydroxyl groups is 1. The predicted octanol–water partition coefficient (Wildman–Crippen LogP) is 1.96. The normalized spacial score (nSPS) is 19.9. The summed E-state index contributed by atoms with van der Waals surface area (Å²) in [5, 5.41) is 15.2. The molecule has 1 aromatic carbocycles. The van der Waals surface area contributed by atoms with Crippen molar-refractivity contribution < 1.29 is 24.1 Å². The number of aromatic nitrogens is 2. The molecule has 0 fully saturated rings. The van der Waals surface area contributed by atoms with E-state index >= 15 is 0 Å². The van der Waals surface area contributed by atoms with Crippen molar-refractivity contribution in [3.05, 3.63) is 50.8 Å². The molecule has 0 bridgehead atoms. The quantitative estimate of drug-likeness (QED) is 0.442. The molecule has 1 atom stereocenters. The molecule has 2 aromatic heterocycles. The van der Waals surface area contributed by atoms with Gasteiger partial charge in [-0.05, 0) is 37.6 Å². The van der Waals surface area contributed by atoms with Crippen LogP contribution in [0.4, 0.5) is 0 Å². The van der Waals surface area contributed by atoms with Crippen LogP contribution in [0.25, 0.3) is 22.3 Å². The molecule has 0 spiro atoms. The van der Waals surface area contributed by atoms with E-state index in [0.717, 1.165) is 35.0 Å². The van der Waals surface area contributed by atoms with Gasteiger partial charge in [0.2, 0.25) is 6.79 Å². The maximum Gasteiger partial charge on any atom is 0.342 e. The van der Waals surface area contributed by atoms with Gasteiger partial charge in [-0.2, -0.15) is 0 Å². The standard InChI is InChI=1S/C25H25N3O6/c1-12(2)26-5-4-13-14-6-20-21(34-11-33-20)8-18(14)27-22-15(13)9-28-19(22)7-17-16(23(28)29)10-32-24(30)25(17,3)31/h6-8,12,26,31H,4-5,9-11H2,1-3H3/t25-/m0/s1. The zero-order valence-electron chi connectivity index (χ0n) is 19.2. The number of carbonyl (C=O) groups excluding carboxylic acids is 1. The lowest BCUT2D eigenvalue weighted by Gasteiger charge is -2.29. The van der Waals surface area contributed by atoms with Crippen molar-refractivity contribution in [1.29, 1.82) is 0 Å². The van der Waals surface area contributed by atoms with Crippen LogP contribution in [0.3, 0.4) is 0 Å². The van der Waals surface area contributed by atoms with E-state index < -0.39 is 11.6 Å². The Morgan fingerprint density at radius 1 is 1.15 bits per heavy atom. The average molecular weight is 463 g/mol.